The predicted molar refractivity (Wildman–Crippen MR) is 113 cm³/mol. The number of hydrogen-bond acceptors (Lipinski definition) is 5. The standard InChI is InChI=1S/C23H28N4O4/c1-16(28)27-12-6-10-23(27,22(30)26-11-5-9-18(15-26)21(24)29)14-19-13-20(25-31-19)17-7-3-2-4-8-17/h2-4,7-8,13,18H,5-6,9-12,14-15H2,1H3,(H2,24,29)/t18-,23+/m0/s1. The molecule has 0 spiro atoms. The molecule has 2 aliphatic rings. The van der Waals surface area contributed by atoms with Crippen LogP contribution >= 0.6 is 0 Å². The van der Waals surface area contributed by atoms with Crippen LogP contribution in [0.3, 0.4) is 0 Å². The molecule has 164 valence electrons. The molecule has 0 bridgehead atoms. The summed E-state index contributed by atoms with van der Waals surface area (Å²) >= 11 is 0. The van der Waals surface area contributed by atoms with Crippen molar-refractivity contribution in [1.29, 1.82) is 0 Å². The molecule has 1 aromatic carbocycles. The van der Waals surface area contributed by atoms with Crippen LogP contribution in [0, 0.1) is 5.92 Å². The molecule has 8 heteroatoms. The van der Waals surface area contributed by atoms with E-state index in [4.69, 9.17) is 10.3 Å². The summed E-state index contributed by atoms with van der Waals surface area (Å²) in [4.78, 5) is 41.4. The Hall–Kier alpha value is -3.16. The third kappa shape index (κ3) is 4.06. The SMILES string of the molecule is CC(=O)N1CCC[C@@]1(Cc1cc(-c2ccccc2)no1)C(=O)N1CCC[C@H](C(N)=O)C1. The number of nitrogens with zero attached hydrogens (tertiary/aromatic N) is 3. The lowest BCUT2D eigenvalue weighted by Crippen LogP contribution is -2.61. The number of piperidine rings is 1. The van der Waals surface area contributed by atoms with E-state index in [1.165, 1.54) is 6.92 Å². The van der Waals surface area contributed by atoms with Crippen molar-refractivity contribution in [2.75, 3.05) is 19.6 Å². The van der Waals surface area contributed by atoms with Gasteiger partial charge in [-0.1, -0.05) is 35.5 Å². The van der Waals surface area contributed by atoms with E-state index < -0.39 is 5.54 Å². The average Bonchev–Trinajstić information content (AvgIpc) is 3.42. The Morgan fingerprint density at radius 3 is 2.68 bits per heavy atom. The summed E-state index contributed by atoms with van der Waals surface area (Å²) < 4.78 is 5.60. The minimum atomic E-state index is -1.03. The third-order valence-corrected chi connectivity index (χ3v) is 6.47. The molecule has 1 aromatic heterocycles. The second-order valence-corrected chi connectivity index (χ2v) is 8.52. The van der Waals surface area contributed by atoms with Gasteiger partial charge in [-0.2, -0.15) is 0 Å². The fourth-order valence-corrected chi connectivity index (χ4v) is 4.94. The van der Waals surface area contributed by atoms with Gasteiger partial charge in [-0.3, -0.25) is 14.4 Å². The molecule has 2 N–H and O–H groups in total. The lowest BCUT2D eigenvalue weighted by Gasteiger charge is -2.42. The van der Waals surface area contributed by atoms with Gasteiger partial charge in [0, 0.05) is 44.6 Å². The van der Waals surface area contributed by atoms with Crippen LogP contribution < -0.4 is 5.73 Å². The van der Waals surface area contributed by atoms with Crippen molar-refractivity contribution >= 4 is 17.7 Å². The summed E-state index contributed by atoms with van der Waals surface area (Å²) in [7, 11) is 0. The van der Waals surface area contributed by atoms with Crippen molar-refractivity contribution in [3.63, 3.8) is 0 Å². The molecule has 8 nitrogen and oxygen atoms in total. The summed E-state index contributed by atoms with van der Waals surface area (Å²) in [6.07, 6.45) is 2.94. The molecular formula is C23H28N4O4. The number of carbonyl (C=O) groups excluding carboxylic acids is 3. The Morgan fingerprint density at radius 1 is 1.19 bits per heavy atom. The molecule has 0 unspecified atom stereocenters. The zero-order valence-corrected chi connectivity index (χ0v) is 17.8. The third-order valence-electron chi connectivity index (χ3n) is 6.47. The highest BCUT2D eigenvalue weighted by atomic mass is 16.5. The van der Waals surface area contributed by atoms with E-state index in [0.29, 0.717) is 43.9 Å². The van der Waals surface area contributed by atoms with Gasteiger partial charge in [-0.05, 0) is 25.7 Å². The molecule has 0 saturated carbocycles. The number of rotatable bonds is 5. The van der Waals surface area contributed by atoms with E-state index in [1.807, 2.05) is 36.4 Å². The van der Waals surface area contributed by atoms with E-state index in [2.05, 4.69) is 5.16 Å². The van der Waals surface area contributed by atoms with Gasteiger partial charge >= 0.3 is 0 Å². The van der Waals surface area contributed by atoms with Crippen molar-refractivity contribution in [2.24, 2.45) is 11.7 Å². The summed E-state index contributed by atoms with van der Waals surface area (Å²) in [5.74, 6) is -0.453. The van der Waals surface area contributed by atoms with Gasteiger partial charge < -0.3 is 20.1 Å². The lowest BCUT2D eigenvalue weighted by molar-refractivity contribution is -0.152. The Labute approximate surface area is 181 Å². The summed E-state index contributed by atoms with van der Waals surface area (Å²) in [5.41, 5.74) is 6.10. The monoisotopic (exact) mass is 424 g/mol. The summed E-state index contributed by atoms with van der Waals surface area (Å²) in [6, 6.07) is 11.5. The minimum Gasteiger partial charge on any atom is -0.369 e. The average molecular weight is 425 g/mol. The molecule has 0 aliphatic carbocycles. The number of likely N-dealkylation sites (tertiary alicyclic amines) is 2. The number of amides is 3. The van der Waals surface area contributed by atoms with Crippen molar-refractivity contribution in [1.82, 2.24) is 15.0 Å². The Bertz CT molecular complexity index is 973. The first-order chi connectivity index (χ1) is 14.9. The second kappa shape index (κ2) is 8.53. The maximum absolute atomic E-state index is 13.8. The molecule has 3 heterocycles. The van der Waals surface area contributed by atoms with Gasteiger partial charge in [0.05, 0.1) is 5.92 Å². The van der Waals surface area contributed by atoms with Gasteiger partial charge in [-0.25, -0.2) is 0 Å². The van der Waals surface area contributed by atoms with Crippen LogP contribution in [0.2, 0.25) is 0 Å². The molecule has 2 fully saturated rings. The van der Waals surface area contributed by atoms with Gasteiger partial charge in [0.1, 0.15) is 17.0 Å². The van der Waals surface area contributed by atoms with Crippen LogP contribution in [-0.2, 0) is 20.8 Å². The zero-order valence-electron chi connectivity index (χ0n) is 17.8. The first kappa shape index (κ1) is 21.1. The largest absolute Gasteiger partial charge is 0.369 e. The number of nitrogens with two attached hydrogens (primary N) is 1. The molecule has 2 saturated heterocycles. The first-order valence-corrected chi connectivity index (χ1v) is 10.8. The molecule has 31 heavy (non-hydrogen) atoms. The summed E-state index contributed by atoms with van der Waals surface area (Å²) in [5, 5.41) is 4.17. The van der Waals surface area contributed by atoms with Crippen LogP contribution in [0.4, 0.5) is 0 Å². The number of benzene rings is 1. The molecule has 2 atom stereocenters. The molecule has 4 rings (SSSR count). The highest BCUT2D eigenvalue weighted by molar-refractivity contribution is 5.92. The van der Waals surface area contributed by atoms with Crippen molar-refractivity contribution in [3.05, 3.63) is 42.2 Å². The zero-order chi connectivity index (χ0) is 22.0. The van der Waals surface area contributed by atoms with Gasteiger partial charge in [0.25, 0.3) is 0 Å². The van der Waals surface area contributed by atoms with E-state index in [9.17, 15) is 14.4 Å². The van der Waals surface area contributed by atoms with E-state index in [0.717, 1.165) is 18.4 Å². The van der Waals surface area contributed by atoms with Crippen LogP contribution in [0.15, 0.2) is 40.9 Å². The van der Waals surface area contributed by atoms with Gasteiger partial charge in [-0.15, -0.1) is 0 Å². The van der Waals surface area contributed by atoms with E-state index in [-0.39, 0.29) is 30.1 Å². The van der Waals surface area contributed by atoms with Crippen molar-refractivity contribution in [3.8, 4) is 11.3 Å². The van der Waals surface area contributed by atoms with Crippen LogP contribution in [-0.4, -0.2) is 57.9 Å². The smallest absolute Gasteiger partial charge is 0.249 e. The van der Waals surface area contributed by atoms with Gasteiger partial charge in [0.15, 0.2) is 0 Å². The predicted octanol–water partition coefficient (Wildman–Crippen LogP) is 1.99. The van der Waals surface area contributed by atoms with Crippen LogP contribution in [0.25, 0.3) is 11.3 Å². The van der Waals surface area contributed by atoms with Gasteiger partial charge in [0.2, 0.25) is 17.7 Å². The number of primary amides is 1. The quantitative estimate of drug-likeness (QED) is 0.789. The number of hydrogen-bond donors (Lipinski definition) is 1. The van der Waals surface area contributed by atoms with E-state index in [1.54, 1.807) is 9.80 Å². The van der Waals surface area contributed by atoms with Crippen LogP contribution in [0.1, 0.15) is 38.4 Å². The Morgan fingerprint density at radius 2 is 1.97 bits per heavy atom. The number of carbonyl (C=O) groups is 3. The maximum atomic E-state index is 13.8. The Balaban J connectivity index is 1.63. The topological polar surface area (TPSA) is 110 Å². The van der Waals surface area contributed by atoms with E-state index >= 15 is 0 Å². The molecule has 2 aliphatic heterocycles. The molecule has 3 amide bonds. The normalized spacial score (nSPS) is 23.7. The summed E-state index contributed by atoms with van der Waals surface area (Å²) in [6.45, 7) is 2.87. The van der Waals surface area contributed by atoms with Crippen LogP contribution in [0.5, 0.6) is 0 Å². The molecule has 0 radical (unpaired) electrons. The first-order valence-electron chi connectivity index (χ1n) is 10.8. The van der Waals surface area contributed by atoms with Crippen molar-refractivity contribution < 1.29 is 18.9 Å². The highest BCUT2D eigenvalue weighted by Crippen LogP contribution is 2.36. The Kier molecular flexibility index (Phi) is 5.80. The lowest BCUT2D eigenvalue weighted by atomic mass is 9.86. The molecular weight excluding hydrogens is 396 g/mol. The fourth-order valence-electron chi connectivity index (χ4n) is 4.94. The molecule has 2 aromatic rings. The number of aromatic nitrogens is 1. The minimum absolute atomic E-state index is 0.135. The maximum Gasteiger partial charge on any atom is 0.249 e. The fraction of sp³-hybridized carbons (Fsp3) is 0.478. The van der Waals surface area contributed by atoms with Crippen molar-refractivity contribution in [2.45, 2.75) is 44.6 Å². The highest BCUT2D eigenvalue weighted by Gasteiger charge is 2.51. The second-order valence-electron chi connectivity index (χ2n) is 8.52.